The van der Waals surface area contributed by atoms with Gasteiger partial charge in [0.25, 0.3) is 0 Å². The Bertz CT molecular complexity index is 732. The van der Waals surface area contributed by atoms with Crippen LogP contribution in [-0.2, 0) is 21.7 Å². The lowest BCUT2D eigenvalue weighted by Crippen LogP contribution is -2.41. The van der Waals surface area contributed by atoms with Gasteiger partial charge in [-0.1, -0.05) is 31.5 Å². The summed E-state index contributed by atoms with van der Waals surface area (Å²) in [4.78, 5) is 12.2. The zero-order valence-corrected chi connectivity index (χ0v) is 16.4. The van der Waals surface area contributed by atoms with Gasteiger partial charge in [-0.25, -0.2) is 8.42 Å². The lowest BCUT2D eigenvalue weighted by molar-refractivity contribution is -0.119. The molecule has 140 valence electrons. The molecule has 9 heteroatoms. The van der Waals surface area contributed by atoms with Crippen LogP contribution >= 0.6 is 11.8 Å². The zero-order valence-electron chi connectivity index (χ0n) is 14.8. The maximum absolute atomic E-state index is 12.2. The van der Waals surface area contributed by atoms with Crippen molar-refractivity contribution in [1.29, 1.82) is 0 Å². The first-order valence-corrected chi connectivity index (χ1v) is 11.7. The number of rotatable bonds is 5. The molecule has 7 nitrogen and oxygen atoms in total. The van der Waals surface area contributed by atoms with Gasteiger partial charge in [0.05, 0.1) is 17.3 Å². The number of carbonyl (C=O) groups excluding carboxylic acids is 1. The Balaban J connectivity index is 1.54. The van der Waals surface area contributed by atoms with Crippen molar-refractivity contribution < 1.29 is 13.2 Å². The standard InChI is InChI=1S/C16H26N4O3S2/c1-11-5-3-4-6-13(11)17-14(21)9-24-16-19-18-15(20(16)2)12-7-8-25(22,23)10-12/h11-13H,3-10H2,1-2H3,(H,17,21)/t11-,12+,13-/m1/s1. The molecule has 1 saturated heterocycles. The summed E-state index contributed by atoms with van der Waals surface area (Å²) in [5, 5.41) is 12.1. The van der Waals surface area contributed by atoms with Gasteiger partial charge in [-0.15, -0.1) is 10.2 Å². The van der Waals surface area contributed by atoms with Crippen molar-refractivity contribution in [1.82, 2.24) is 20.1 Å². The topological polar surface area (TPSA) is 94.0 Å². The summed E-state index contributed by atoms with van der Waals surface area (Å²) in [5.74, 6) is 1.83. The molecule has 0 radical (unpaired) electrons. The van der Waals surface area contributed by atoms with E-state index in [1.165, 1.54) is 31.0 Å². The summed E-state index contributed by atoms with van der Waals surface area (Å²) in [6.45, 7) is 2.20. The minimum absolute atomic E-state index is 0.0248. The number of amides is 1. The minimum atomic E-state index is -2.95. The van der Waals surface area contributed by atoms with Crippen LogP contribution in [-0.4, -0.2) is 52.4 Å². The maximum atomic E-state index is 12.2. The van der Waals surface area contributed by atoms with Gasteiger partial charge >= 0.3 is 0 Å². The van der Waals surface area contributed by atoms with Crippen molar-refractivity contribution in [3.05, 3.63) is 5.82 Å². The van der Waals surface area contributed by atoms with Crippen LogP contribution < -0.4 is 5.32 Å². The molecule has 2 heterocycles. The fourth-order valence-corrected chi connectivity index (χ4v) is 6.18. The van der Waals surface area contributed by atoms with Crippen LogP contribution in [0.15, 0.2) is 5.16 Å². The van der Waals surface area contributed by atoms with E-state index in [0.717, 1.165) is 6.42 Å². The average molecular weight is 387 g/mol. The van der Waals surface area contributed by atoms with Crippen LogP contribution in [0.5, 0.6) is 0 Å². The molecule has 0 unspecified atom stereocenters. The SMILES string of the molecule is C[C@@H]1CCCC[C@H]1NC(=O)CSc1nnc([C@H]2CCS(=O)(=O)C2)n1C. The molecule has 3 rings (SSSR count). The van der Waals surface area contributed by atoms with Crippen molar-refractivity contribution >= 4 is 27.5 Å². The highest BCUT2D eigenvalue weighted by atomic mass is 32.2. The van der Waals surface area contributed by atoms with E-state index in [1.807, 2.05) is 11.6 Å². The monoisotopic (exact) mass is 386 g/mol. The Kier molecular flexibility index (Phi) is 5.72. The second kappa shape index (κ2) is 7.65. The summed E-state index contributed by atoms with van der Waals surface area (Å²) in [6.07, 6.45) is 5.26. The molecule has 1 N–H and O–H groups in total. The molecule has 1 amide bonds. The largest absolute Gasteiger partial charge is 0.352 e. The van der Waals surface area contributed by atoms with Gasteiger partial charge in [0.15, 0.2) is 15.0 Å². The third kappa shape index (κ3) is 4.55. The predicted molar refractivity (Wildman–Crippen MR) is 97.3 cm³/mol. The molecule has 3 atom stereocenters. The molecule has 1 saturated carbocycles. The predicted octanol–water partition coefficient (Wildman–Crippen LogP) is 1.50. The highest BCUT2D eigenvalue weighted by Gasteiger charge is 2.32. The second-order valence-corrected chi connectivity index (χ2v) is 10.4. The number of hydrogen-bond acceptors (Lipinski definition) is 6. The normalized spacial score (nSPS) is 28.8. The molecule has 25 heavy (non-hydrogen) atoms. The number of aromatic nitrogens is 3. The first kappa shape index (κ1) is 18.7. The fourth-order valence-electron chi connectivity index (χ4n) is 3.72. The maximum Gasteiger partial charge on any atom is 0.230 e. The van der Waals surface area contributed by atoms with Gasteiger partial charge in [-0.3, -0.25) is 4.79 Å². The quantitative estimate of drug-likeness (QED) is 0.771. The Morgan fingerprint density at radius 3 is 2.72 bits per heavy atom. The third-order valence-corrected chi connectivity index (χ3v) is 8.04. The van der Waals surface area contributed by atoms with E-state index in [-0.39, 0.29) is 29.4 Å². The third-order valence-electron chi connectivity index (χ3n) is 5.26. The number of hydrogen-bond donors (Lipinski definition) is 1. The smallest absolute Gasteiger partial charge is 0.230 e. The number of nitrogens with zero attached hydrogens (tertiary/aromatic N) is 3. The molecule has 0 aromatic carbocycles. The van der Waals surface area contributed by atoms with Crippen LogP contribution in [0.4, 0.5) is 0 Å². The van der Waals surface area contributed by atoms with Gasteiger partial charge < -0.3 is 9.88 Å². The van der Waals surface area contributed by atoms with Crippen LogP contribution in [0.1, 0.15) is 50.8 Å². The van der Waals surface area contributed by atoms with Gasteiger partial charge in [0, 0.05) is 19.0 Å². The number of sulfone groups is 1. The van der Waals surface area contributed by atoms with E-state index in [1.54, 1.807) is 0 Å². The van der Waals surface area contributed by atoms with Crippen molar-refractivity contribution in [3.63, 3.8) is 0 Å². The molecule has 2 fully saturated rings. The summed E-state index contributed by atoms with van der Waals surface area (Å²) in [7, 11) is -1.11. The van der Waals surface area contributed by atoms with Gasteiger partial charge in [-0.05, 0) is 25.2 Å². The highest BCUT2D eigenvalue weighted by molar-refractivity contribution is 7.99. The first-order valence-electron chi connectivity index (χ1n) is 8.87. The van der Waals surface area contributed by atoms with Crippen LogP contribution in [0.25, 0.3) is 0 Å². The van der Waals surface area contributed by atoms with Gasteiger partial charge in [-0.2, -0.15) is 0 Å². The second-order valence-electron chi connectivity index (χ2n) is 7.22. The van der Waals surface area contributed by atoms with Crippen molar-refractivity contribution in [2.45, 2.75) is 56.1 Å². The Morgan fingerprint density at radius 2 is 2.04 bits per heavy atom. The van der Waals surface area contributed by atoms with Crippen LogP contribution in [0, 0.1) is 5.92 Å². The molecule has 0 bridgehead atoms. The van der Waals surface area contributed by atoms with Crippen molar-refractivity contribution in [2.24, 2.45) is 13.0 Å². The van der Waals surface area contributed by atoms with E-state index in [2.05, 4.69) is 22.4 Å². The molecule has 1 aliphatic carbocycles. The molecule has 1 aromatic rings. The van der Waals surface area contributed by atoms with E-state index in [9.17, 15) is 13.2 Å². The zero-order chi connectivity index (χ0) is 18.0. The summed E-state index contributed by atoms with van der Waals surface area (Å²) < 4.78 is 25.1. The molecule has 1 aromatic heterocycles. The van der Waals surface area contributed by atoms with E-state index < -0.39 is 9.84 Å². The lowest BCUT2D eigenvalue weighted by Gasteiger charge is -2.29. The Hall–Kier alpha value is -1.09. The van der Waals surface area contributed by atoms with E-state index in [4.69, 9.17) is 0 Å². The molecule has 2 aliphatic rings. The van der Waals surface area contributed by atoms with Crippen molar-refractivity contribution in [3.8, 4) is 0 Å². The summed E-state index contributed by atoms with van der Waals surface area (Å²) in [5.41, 5.74) is 0. The Morgan fingerprint density at radius 1 is 1.28 bits per heavy atom. The molecule has 0 spiro atoms. The number of thioether (sulfide) groups is 1. The van der Waals surface area contributed by atoms with Crippen LogP contribution in [0.3, 0.4) is 0 Å². The highest BCUT2D eigenvalue weighted by Crippen LogP contribution is 2.29. The first-order chi connectivity index (χ1) is 11.9. The fraction of sp³-hybridized carbons (Fsp3) is 0.812. The number of nitrogens with one attached hydrogen (secondary N) is 1. The Labute approximate surface area is 153 Å². The summed E-state index contributed by atoms with van der Waals surface area (Å²) in [6, 6.07) is 0.278. The molecule has 1 aliphatic heterocycles. The van der Waals surface area contributed by atoms with Crippen molar-refractivity contribution in [2.75, 3.05) is 17.3 Å². The summed E-state index contributed by atoms with van der Waals surface area (Å²) >= 11 is 1.35. The average Bonchev–Trinajstić information content (AvgIpc) is 3.10. The lowest BCUT2D eigenvalue weighted by atomic mass is 9.86. The molecular formula is C16H26N4O3S2. The van der Waals surface area contributed by atoms with E-state index in [0.29, 0.717) is 29.1 Å². The number of carbonyl (C=O) groups is 1. The van der Waals surface area contributed by atoms with E-state index >= 15 is 0 Å². The molecular weight excluding hydrogens is 360 g/mol. The minimum Gasteiger partial charge on any atom is -0.352 e. The van der Waals surface area contributed by atoms with Gasteiger partial charge in [0.2, 0.25) is 5.91 Å². The van der Waals surface area contributed by atoms with Gasteiger partial charge in [0.1, 0.15) is 5.82 Å². The van der Waals surface area contributed by atoms with Crippen LogP contribution in [0.2, 0.25) is 0 Å².